The molecule has 3 N–H and O–H groups in total. The average Bonchev–Trinajstić information content (AvgIpc) is 2.26. The summed E-state index contributed by atoms with van der Waals surface area (Å²) in [7, 11) is 0. The molecule has 17 heavy (non-hydrogen) atoms. The maximum Gasteiger partial charge on any atom is 0.153 e. The van der Waals surface area contributed by atoms with Crippen LogP contribution in [0.3, 0.4) is 0 Å². The molecule has 0 atom stereocenters. The largest absolute Gasteiger partial charge is 0.396 e. The maximum atomic E-state index is 13.5. The summed E-state index contributed by atoms with van der Waals surface area (Å²) in [5.41, 5.74) is 6.15. The SMILES string of the molecule is Nc1cc(Cl)cnc1Nc1c(F)cccc1Cl. The third-order valence-electron chi connectivity index (χ3n) is 2.09. The molecule has 0 amide bonds. The zero-order valence-electron chi connectivity index (χ0n) is 8.55. The molecule has 1 aromatic carbocycles. The molecule has 0 spiro atoms. The topological polar surface area (TPSA) is 50.9 Å². The van der Waals surface area contributed by atoms with Gasteiger partial charge in [-0.15, -0.1) is 0 Å². The number of para-hydroxylation sites is 1. The fourth-order valence-corrected chi connectivity index (χ4v) is 1.67. The summed E-state index contributed by atoms with van der Waals surface area (Å²) >= 11 is 11.6. The molecule has 0 aliphatic rings. The van der Waals surface area contributed by atoms with Crippen molar-refractivity contribution in [2.24, 2.45) is 0 Å². The number of nitrogens with zero attached hydrogens (tertiary/aromatic N) is 1. The van der Waals surface area contributed by atoms with E-state index in [4.69, 9.17) is 28.9 Å². The molecule has 6 heteroatoms. The van der Waals surface area contributed by atoms with Gasteiger partial charge in [0, 0.05) is 6.20 Å². The first-order valence-electron chi connectivity index (χ1n) is 4.70. The van der Waals surface area contributed by atoms with Crippen molar-refractivity contribution in [1.82, 2.24) is 4.98 Å². The summed E-state index contributed by atoms with van der Waals surface area (Å²) < 4.78 is 13.5. The fourth-order valence-electron chi connectivity index (χ4n) is 1.30. The smallest absolute Gasteiger partial charge is 0.153 e. The molecule has 0 aliphatic heterocycles. The van der Waals surface area contributed by atoms with Crippen molar-refractivity contribution in [2.75, 3.05) is 11.1 Å². The Kier molecular flexibility index (Phi) is 3.36. The van der Waals surface area contributed by atoms with Gasteiger partial charge in [-0.2, -0.15) is 0 Å². The number of nitrogen functional groups attached to an aromatic ring is 1. The lowest BCUT2D eigenvalue weighted by Gasteiger charge is -2.10. The Morgan fingerprint density at radius 3 is 2.71 bits per heavy atom. The van der Waals surface area contributed by atoms with Gasteiger partial charge in [-0.05, 0) is 18.2 Å². The number of anilines is 3. The van der Waals surface area contributed by atoms with Crippen molar-refractivity contribution in [3.8, 4) is 0 Å². The molecule has 1 heterocycles. The van der Waals surface area contributed by atoms with E-state index in [1.807, 2.05) is 0 Å². The van der Waals surface area contributed by atoms with Gasteiger partial charge in [0.15, 0.2) is 5.82 Å². The van der Waals surface area contributed by atoms with E-state index < -0.39 is 5.82 Å². The van der Waals surface area contributed by atoms with Gasteiger partial charge in [-0.3, -0.25) is 0 Å². The van der Waals surface area contributed by atoms with Gasteiger partial charge in [-0.25, -0.2) is 9.37 Å². The van der Waals surface area contributed by atoms with E-state index >= 15 is 0 Å². The molecule has 0 unspecified atom stereocenters. The van der Waals surface area contributed by atoms with Gasteiger partial charge in [-0.1, -0.05) is 29.3 Å². The zero-order chi connectivity index (χ0) is 12.4. The number of rotatable bonds is 2. The molecule has 2 aromatic rings. The first-order valence-corrected chi connectivity index (χ1v) is 5.45. The van der Waals surface area contributed by atoms with Crippen LogP contribution in [-0.2, 0) is 0 Å². The van der Waals surface area contributed by atoms with Gasteiger partial charge in [0.2, 0.25) is 0 Å². The second kappa shape index (κ2) is 4.77. The van der Waals surface area contributed by atoms with E-state index in [9.17, 15) is 4.39 Å². The van der Waals surface area contributed by atoms with E-state index in [1.165, 1.54) is 24.4 Å². The summed E-state index contributed by atoms with van der Waals surface area (Å²) in [5.74, 6) is -0.171. The highest BCUT2D eigenvalue weighted by molar-refractivity contribution is 6.33. The van der Waals surface area contributed by atoms with Crippen LogP contribution in [0, 0.1) is 5.82 Å². The monoisotopic (exact) mass is 271 g/mol. The van der Waals surface area contributed by atoms with Crippen LogP contribution in [0.2, 0.25) is 10.0 Å². The second-order valence-electron chi connectivity index (χ2n) is 3.31. The Morgan fingerprint density at radius 2 is 2.06 bits per heavy atom. The average molecular weight is 272 g/mol. The van der Waals surface area contributed by atoms with E-state index in [-0.39, 0.29) is 10.7 Å². The molecule has 0 aliphatic carbocycles. The van der Waals surface area contributed by atoms with Crippen molar-refractivity contribution in [3.63, 3.8) is 0 Å². The van der Waals surface area contributed by atoms with E-state index in [1.54, 1.807) is 6.07 Å². The van der Waals surface area contributed by atoms with Crippen LogP contribution < -0.4 is 11.1 Å². The molecule has 0 fully saturated rings. The molecule has 88 valence electrons. The molecule has 3 nitrogen and oxygen atoms in total. The standard InChI is InChI=1S/C11H8Cl2FN3/c12-6-4-9(15)11(16-5-6)17-10-7(13)2-1-3-8(10)14/h1-5H,15H2,(H,16,17). The number of halogens is 3. The molecule has 0 radical (unpaired) electrons. The van der Waals surface area contributed by atoms with E-state index in [0.29, 0.717) is 16.5 Å². The van der Waals surface area contributed by atoms with E-state index in [0.717, 1.165) is 0 Å². The van der Waals surface area contributed by atoms with Gasteiger partial charge < -0.3 is 11.1 Å². The van der Waals surface area contributed by atoms with Crippen LogP contribution in [0.5, 0.6) is 0 Å². The summed E-state index contributed by atoms with van der Waals surface area (Å²) in [6.45, 7) is 0. The van der Waals surface area contributed by atoms with Crippen molar-refractivity contribution >= 4 is 40.4 Å². The Hall–Kier alpha value is -1.52. The summed E-state index contributed by atoms with van der Waals surface area (Å²) in [5, 5.41) is 3.40. The minimum absolute atomic E-state index is 0.135. The lowest BCUT2D eigenvalue weighted by molar-refractivity contribution is 0.632. The predicted molar refractivity (Wildman–Crippen MR) is 68.4 cm³/mol. The van der Waals surface area contributed by atoms with Crippen molar-refractivity contribution in [1.29, 1.82) is 0 Å². The number of hydrogen-bond acceptors (Lipinski definition) is 3. The lowest BCUT2D eigenvalue weighted by atomic mass is 10.3. The number of nitrogens with one attached hydrogen (secondary N) is 1. The van der Waals surface area contributed by atoms with Crippen LogP contribution in [0.25, 0.3) is 0 Å². The number of aromatic nitrogens is 1. The fraction of sp³-hybridized carbons (Fsp3) is 0. The van der Waals surface area contributed by atoms with Crippen molar-refractivity contribution in [3.05, 3.63) is 46.3 Å². The van der Waals surface area contributed by atoms with Crippen molar-refractivity contribution in [2.45, 2.75) is 0 Å². The zero-order valence-corrected chi connectivity index (χ0v) is 10.1. The van der Waals surface area contributed by atoms with Gasteiger partial charge in [0.1, 0.15) is 5.82 Å². The summed E-state index contributed by atoms with van der Waals surface area (Å²) in [4.78, 5) is 3.96. The number of benzene rings is 1. The molecule has 1 aromatic heterocycles. The molecule has 2 rings (SSSR count). The number of nitrogens with two attached hydrogens (primary N) is 1. The van der Waals surface area contributed by atoms with Crippen LogP contribution >= 0.6 is 23.2 Å². The summed E-state index contributed by atoms with van der Waals surface area (Å²) in [6.07, 6.45) is 1.41. The minimum Gasteiger partial charge on any atom is -0.396 e. The second-order valence-corrected chi connectivity index (χ2v) is 4.16. The third-order valence-corrected chi connectivity index (χ3v) is 2.61. The Bertz CT molecular complexity index is 540. The normalized spacial score (nSPS) is 10.3. The molecule has 0 saturated carbocycles. The Balaban J connectivity index is 2.38. The number of hydrogen-bond donors (Lipinski definition) is 2. The highest BCUT2D eigenvalue weighted by Gasteiger charge is 2.09. The van der Waals surface area contributed by atoms with Crippen LogP contribution in [0.4, 0.5) is 21.6 Å². The highest BCUT2D eigenvalue weighted by atomic mass is 35.5. The molecule has 0 saturated heterocycles. The van der Waals surface area contributed by atoms with Crippen LogP contribution in [0.1, 0.15) is 0 Å². The predicted octanol–water partition coefficient (Wildman–Crippen LogP) is 3.85. The van der Waals surface area contributed by atoms with Gasteiger partial charge in [0.05, 0.1) is 21.4 Å². The first kappa shape index (κ1) is 12.0. The third kappa shape index (κ3) is 2.60. The lowest BCUT2D eigenvalue weighted by Crippen LogP contribution is -2.01. The minimum atomic E-state index is -0.478. The van der Waals surface area contributed by atoms with Crippen molar-refractivity contribution < 1.29 is 4.39 Å². The molecular weight excluding hydrogens is 264 g/mol. The Morgan fingerprint density at radius 1 is 1.29 bits per heavy atom. The molecular formula is C11H8Cl2FN3. The van der Waals surface area contributed by atoms with Crippen LogP contribution in [0.15, 0.2) is 30.5 Å². The Labute approximate surface area is 107 Å². The van der Waals surface area contributed by atoms with Crippen LogP contribution in [-0.4, -0.2) is 4.98 Å². The van der Waals surface area contributed by atoms with E-state index in [2.05, 4.69) is 10.3 Å². The summed E-state index contributed by atoms with van der Waals surface area (Å²) in [6, 6.07) is 5.90. The maximum absolute atomic E-state index is 13.5. The quantitative estimate of drug-likeness (QED) is 0.872. The molecule has 0 bridgehead atoms. The highest BCUT2D eigenvalue weighted by Crippen LogP contribution is 2.30. The number of pyridine rings is 1. The van der Waals surface area contributed by atoms with Gasteiger partial charge in [0.25, 0.3) is 0 Å². The first-order chi connectivity index (χ1) is 8.08. The van der Waals surface area contributed by atoms with Gasteiger partial charge >= 0.3 is 0 Å².